The van der Waals surface area contributed by atoms with Crippen molar-refractivity contribution in [2.75, 3.05) is 19.8 Å². The first kappa shape index (κ1) is 22.1. The number of carbonyl (C=O) groups is 2. The standard InChI is InChI=1S/C24H23N3O6/c28-22(25-19-12-14-32-21-9-5-4-8-18(19)21)16-33-24(30)20-10-11-23(29)27(26-20)13-15-31-17-6-2-1-3-7-17/h1-11,19H,12-16H2,(H,25,28). The molecule has 9 nitrogen and oxygen atoms in total. The highest BCUT2D eigenvalue weighted by Crippen LogP contribution is 2.31. The summed E-state index contributed by atoms with van der Waals surface area (Å²) in [5.74, 6) is 0.165. The molecule has 0 fully saturated rings. The quantitative estimate of drug-likeness (QED) is 0.525. The second-order valence-electron chi connectivity index (χ2n) is 7.31. The number of amides is 1. The van der Waals surface area contributed by atoms with E-state index in [2.05, 4.69) is 10.4 Å². The minimum absolute atomic E-state index is 0.0708. The zero-order chi connectivity index (χ0) is 23.0. The molecule has 0 bridgehead atoms. The number of rotatable bonds is 8. The summed E-state index contributed by atoms with van der Waals surface area (Å²) < 4.78 is 17.4. The Kier molecular flexibility index (Phi) is 6.99. The maximum absolute atomic E-state index is 12.4. The van der Waals surface area contributed by atoms with E-state index in [1.165, 1.54) is 12.1 Å². The van der Waals surface area contributed by atoms with Crippen molar-refractivity contribution in [3.8, 4) is 11.5 Å². The molecule has 1 amide bonds. The molecular weight excluding hydrogens is 426 g/mol. The maximum Gasteiger partial charge on any atom is 0.359 e. The van der Waals surface area contributed by atoms with Gasteiger partial charge in [0.25, 0.3) is 11.5 Å². The third kappa shape index (κ3) is 5.76. The number of hydrogen-bond acceptors (Lipinski definition) is 7. The van der Waals surface area contributed by atoms with Crippen LogP contribution in [0.5, 0.6) is 11.5 Å². The van der Waals surface area contributed by atoms with E-state index >= 15 is 0 Å². The van der Waals surface area contributed by atoms with Crippen LogP contribution >= 0.6 is 0 Å². The molecule has 9 heteroatoms. The number of aromatic nitrogens is 2. The zero-order valence-electron chi connectivity index (χ0n) is 17.8. The van der Waals surface area contributed by atoms with E-state index in [1.807, 2.05) is 42.5 Å². The molecule has 0 radical (unpaired) electrons. The van der Waals surface area contributed by atoms with Crippen LogP contribution in [-0.4, -0.2) is 41.5 Å². The van der Waals surface area contributed by atoms with Gasteiger partial charge in [0.1, 0.15) is 18.1 Å². The molecule has 4 rings (SSSR count). The summed E-state index contributed by atoms with van der Waals surface area (Å²) in [6.07, 6.45) is 0.619. The highest BCUT2D eigenvalue weighted by Gasteiger charge is 2.23. The summed E-state index contributed by atoms with van der Waals surface area (Å²) in [6, 6.07) is 18.9. The lowest BCUT2D eigenvalue weighted by Crippen LogP contribution is -2.35. The van der Waals surface area contributed by atoms with Gasteiger partial charge >= 0.3 is 5.97 Å². The molecule has 1 atom stereocenters. The van der Waals surface area contributed by atoms with Gasteiger partial charge in [-0.05, 0) is 24.3 Å². The Bertz CT molecular complexity index is 1180. The lowest BCUT2D eigenvalue weighted by atomic mass is 10.0. The van der Waals surface area contributed by atoms with Gasteiger partial charge in [-0.15, -0.1) is 0 Å². The fourth-order valence-corrected chi connectivity index (χ4v) is 3.42. The Balaban J connectivity index is 1.30. The molecule has 2 aromatic carbocycles. The molecule has 3 aromatic rings. The molecule has 0 spiro atoms. The van der Waals surface area contributed by atoms with E-state index in [9.17, 15) is 14.4 Å². The van der Waals surface area contributed by atoms with Crippen LogP contribution in [0.15, 0.2) is 71.5 Å². The van der Waals surface area contributed by atoms with Crippen LogP contribution in [0.2, 0.25) is 0 Å². The summed E-state index contributed by atoms with van der Waals surface area (Å²) in [5, 5.41) is 6.89. The third-order valence-electron chi connectivity index (χ3n) is 5.02. The maximum atomic E-state index is 12.4. The molecule has 0 saturated heterocycles. The highest BCUT2D eigenvalue weighted by atomic mass is 16.5. The van der Waals surface area contributed by atoms with Gasteiger partial charge < -0.3 is 19.5 Å². The zero-order valence-corrected chi connectivity index (χ0v) is 17.8. The third-order valence-corrected chi connectivity index (χ3v) is 5.02. The van der Waals surface area contributed by atoms with Gasteiger partial charge in [-0.3, -0.25) is 9.59 Å². The van der Waals surface area contributed by atoms with Crippen LogP contribution in [-0.2, 0) is 16.1 Å². The predicted molar refractivity (Wildman–Crippen MR) is 118 cm³/mol. The number of esters is 1. The number of nitrogens with one attached hydrogen (secondary N) is 1. The van der Waals surface area contributed by atoms with Crippen molar-refractivity contribution in [3.05, 3.63) is 88.3 Å². The largest absolute Gasteiger partial charge is 0.493 e. The van der Waals surface area contributed by atoms with Crippen molar-refractivity contribution in [1.82, 2.24) is 15.1 Å². The van der Waals surface area contributed by atoms with E-state index in [1.54, 1.807) is 12.1 Å². The van der Waals surface area contributed by atoms with Crippen LogP contribution in [0.25, 0.3) is 0 Å². The second kappa shape index (κ2) is 10.4. The summed E-state index contributed by atoms with van der Waals surface area (Å²) in [5.41, 5.74) is 0.438. The van der Waals surface area contributed by atoms with Gasteiger partial charge in [0.2, 0.25) is 0 Å². The van der Waals surface area contributed by atoms with Crippen molar-refractivity contribution in [2.24, 2.45) is 0 Å². The number of fused-ring (bicyclic) bond motifs is 1. The van der Waals surface area contributed by atoms with Crippen LogP contribution in [0, 0.1) is 0 Å². The molecule has 2 heterocycles. The molecule has 1 aromatic heterocycles. The summed E-state index contributed by atoms with van der Waals surface area (Å²) in [7, 11) is 0. The van der Waals surface area contributed by atoms with Crippen molar-refractivity contribution in [1.29, 1.82) is 0 Å². The fraction of sp³-hybridized carbons (Fsp3) is 0.250. The molecule has 0 saturated carbocycles. The monoisotopic (exact) mass is 449 g/mol. The Morgan fingerprint density at radius 1 is 1.06 bits per heavy atom. The van der Waals surface area contributed by atoms with Gasteiger partial charge in [0.05, 0.1) is 19.2 Å². The average Bonchev–Trinajstić information content (AvgIpc) is 2.84. The van der Waals surface area contributed by atoms with Crippen LogP contribution in [0.4, 0.5) is 0 Å². The molecule has 1 aliphatic rings. The molecular formula is C24H23N3O6. The van der Waals surface area contributed by atoms with Crippen LogP contribution in [0.3, 0.4) is 0 Å². The number of benzene rings is 2. The Hall–Kier alpha value is -4.14. The van der Waals surface area contributed by atoms with E-state index in [4.69, 9.17) is 14.2 Å². The van der Waals surface area contributed by atoms with Crippen molar-refractivity contribution in [3.63, 3.8) is 0 Å². The number of para-hydroxylation sites is 2. The first-order chi connectivity index (χ1) is 16.1. The first-order valence-electron chi connectivity index (χ1n) is 10.5. The topological polar surface area (TPSA) is 109 Å². The van der Waals surface area contributed by atoms with Crippen LogP contribution in [0.1, 0.15) is 28.5 Å². The molecule has 33 heavy (non-hydrogen) atoms. The van der Waals surface area contributed by atoms with Crippen molar-refractivity contribution in [2.45, 2.75) is 19.0 Å². The molecule has 1 N–H and O–H groups in total. The van der Waals surface area contributed by atoms with Gasteiger partial charge in [0, 0.05) is 18.1 Å². The number of carbonyl (C=O) groups excluding carboxylic acids is 2. The lowest BCUT2D eigenvalue weighted by molar-refractivity contribution is -0.125. The van der Waals surface area contributed by atoms with Gasteiger partial charge in [0.15, 0.2) is 12.3 Å². The minimum atomic E-state index is -0.796. The Morgan fingerprint density at radius 3 is 2.70 bits per heavy atom. The summed E-state index contributed by atoms with van der Waals surface area (Å²) in [6.45, 7) is 0.375. The average molecular weight is 449 g/mol. The number of nitrogens with zero attached hydrogens (tertiary/aromatic N) is 2. The Labute approximate surface area is 189 Å². The SMILES string of the molecule is O=C(COC(=O)c1ccc(=O)n(CCOc2ccccc2)n1)NC1CCOc2ccccc21. The van der Waals surface area contributed by atoms with Gasteiger partial charge in [-0.2, -0.15) is 5.10 Å². The molecule has 1 aliphatic heterocycles. The summed E-state index contributed by atoms with van der Waals surface area (Å²) in [4.78, 5) is 36.7. The van der Waals surface area contributed by atoms with Crippen molar-refractivity contribution < 1.29 is 23.8 Å². The number of hydrogen-bond donors (Lipinski definition) is 1. The molecule has 170 valence electrons. The lowest BCUT2D eigenvalue weighted by Gasteiger charge is -2.26. The Morgan fingerprint density at radius 2 is 1.85 bits per heavy atom. The van der Waals surface area contributed by atoms with Gasteiger partial charge in [-0.25, -0.2) is 9.48 Å². The predicted octanol–water partition coefficient (Wildman–Crippen LogP) is 2.12. The fourth-order valence-electron chi connectivity index (χ4n) is 3.42. The molecule has 0 aliphatic carbocycles. The second-order valence-corrected chi connectivity index (χ2v) is 7.31. The normalized spacial score (nSPS) is 14.5. The smallest absolute Gasteiger partial charge is 0.359 e. The highest BCUT2D eigenvalue weighted by molar-refractivity contribution is 5.89. The van der Waals surface area contributed by atoms with E-state index in [-0.39, 0.29) is 30.4 Å². The van der Waals surface area contributed by atoms with Gasteiger partial charge in [-0.1, -0.05) is 36.4 Å². The number of ether oxygens (including phenoxy) is 3. The first-order valence-corrected chi connectivity index (χ1v) is 10.5. The van der Waals surface area contributed by atoms with Crippen LogP contribution < -0.4 is 20.3 Å². The van der Waals surface area contributed by atoms with E-state index in [0.717, 1.165) is 16.0 Å². The van der Waals surface area contributed by atoms with E-state index < -0.39 is 18.5 Å². The minimum Gasteiger partial charge on any atom is -0.493 e. The summed E-state index contributed by atoms with van der Waals surface area (Å²) >= 11 is 0. The van der Waals surface area contributed by atoms with E-state index in [0.29, 0.717) is 18.8 Å². The van der Waals surface area contributed by atoms with Crippen molar-refractivity contribution >= 4 is 11.9 Å². The molecule has 1 unspecified atom stereocenters.